The molecule has 0 radical (unpaired) electrons. The van der Waals surface area contributed by atoms with E-state index in [0.29, 0.717) is 23.5 Å². The number of carbonyl (C=O) groups excluding carboxylic acids is 3. The molecule has 2 aliphatic rings. The molecule has 0 saturated heterocycles. The van der Waals surface area contributed by atoms with Gasteiger partial charge in [0.2, 0.25) is 5.91 Å². The van der Waals surface area contributed by atoms with Crippen LogP contribution in [0.15, 0.2) is 53.0 Å². The number of nitrogens with zero attached hydrogens (tertiary/aromatic N) is 1. The van der Waals surface area contributed by atoms with Crippen molar-refractivity contribution in [3.63, 3.8) is 0 Å². The summed E-state index contributed by atoms with van der Waals surface area (Å²) in [5.74, 6) is -0.291. The highest BCUT2D eigenvalue weighted by atomic mass is 79.9. The van der Waals surface area contributed by atoms with Crippen molar-refractivity contribution in [2.24, 2.45) is 5.92 Å². The first kappa shape index (κ1) is 17.9. The molecule has 1 saturated carbocycles. The van der Waals surface area contributed by atoms with Gasteiger partial charge in [0.05, 0.1) is 11.1 Å². The fourth-order valence-corrected chi connectivity index (χ4v) is 4.03. The summed E-state index contributed by atoms with van der Waals surface area (Å²) in [5, 5.41) is 2.87. The molecule has 0 unspecified atom stereocenters. The van der Waals surface area contributed by atoms with Crippen LogP contribution < -0.4 is 5.32 Å². The number of halogens is 1. The summed E-state index contributed by atoms with van der Waals surface area (Å²) in [7, 11) is 0. The molecule has 4 rings (SSSR count). The van der Waals surface area contributed by atoms with E-state index in [0.717, 1.165) is 23.0 Å². The van der Waals surface area contributed by atoms with E-state index >= 15 is 0 Å². The van der Waals surface area contributed by atoms with Gasteiger partial charge in [0.1, 0.15) is 0 Å². The number of hydrogen-bond acceptors (Lipinski definition) is 3. The highest BCUT2D eigenvalue weighted by Gasteiger charge is 2.45. The van der Waals surface area contributed by atoms with Crippen LogP contribution in [0.5, 0.6) is 0 Å². The summed E-state index contributed by atoms with van der Waals surface area (Å²) < 4.78 is 0.891. The molecule has 0 aromatic heterocycles. The third-order valence-electron chi connectivity index (χ3n) is 5.10. The lowest BCUT2D eigenvalue weighted by molar-refractivity contribution is -0.116. The van der Waals surface area contributed by atoms with Crippen LogP contribution in [-0.2, 0) is 4.79 Å². The summed E-state index contributed by atoms with van der Waals surface area (Å²) in [5.41, 5.74) is 1.65. The Kier molecular flexibility index (Phi) is 4.83. The van der Waals surface area contributed by atoms with Gasteiger partial charge in [0.25, 0.3) is 11.8 Å². The Balaban J connectivity index is 1.44. The minimum absolute atomic E-state index is 0.115. The first-order chi connectivity index (χ1) is 13.0. The van der Waals surface area contributed by atoms with Gasteiger partial charge in [-0.25, -0.2) is 0 Å². The van der Waals surface area contributed by atoms with Crippen molar-refractivity contribution in [1.82, 2.24) is 4.90 Å². The molecule has 1 fully saturated rings. The Morgan fingerprint density at radius 3 is 2.33 bits per heavy atom. The minimum Gasteiger partial charge on any atom is -0.326 e. The van der Waals surface area contributed by atoms with E-state index in [-0.39, 0.29) is 30.2 Å². The predicted molar refractivity (Wildman–Crippen MR) is 105 cm³/mol. The number of carbonyl (C=O) groups is 3. The molecule has 27 heavy (non-hydrogen) atoms. The van der Waals surface area contributed by atoms with Gasteiger partial charge >= 0.3 is 0 Å². The van der Waals surface area contributed by atoms with E-state index in [9.17, 15) is 14.4 Å². The summed E-state index contributed by atoms with van der Waals surface area (Å²) in [6, 6.07) is 14.1. The average Bonchev–Trinajstić information content (AvgIpc) is 3.45. The van der Waals surface area contributed by atoms with Crippen molar-refractivity contribution in [2.45, 2.75) is 31.7 Å². The highest BCUT2D eigenvalue weighted by Crippen LogP contribution is 2.40. The monoisotopic (exact) mass is 426 g/mol. The maximum absolute atomic E-state index is 12.8. The van der Waals surface area contributed by atoms with Gasteiger partial charge in [0, 0.05) is 22.6 Å². The fraction of sp³-hybridized carbons (Fsp3) is 0.286. The molecule has 1 N–H and O–H groups in total. The van der Waals surface area contributed by atoms with Crippen molar-refractivity contribution >= 4 is 39.3 Å². The molecule has 1 heterocycles. The molecule has 6 heteroatoms. The topological polar surface area (TPSA) is 66.5 Å². The van der Waals surface area contributed by atoms with Crippen LogP contribution in [0.25, 0.3) is 0 Å². The molecular formula is C21H19BrN2O3. The van der Waals surface area contributed by atoms with Gasteiger partial charge in [-0.2, -0.15) is 0 Å². The smallest absolute Gasteiger partial charge is 0.261 e. The Morgan fingerprint density at radius 1 is 1.07 bits per heavy atom. The second kappa shape index (κ2) is 7.27. The number of nitrogens with one attached hydrogen (secondary N) is 1. The SMILES string of the molecule is O=C(CC[C@@H](C1CC1)N1C(=O)c2ccccc2C1=O)Nc1cccc(Br)c1. The largest absolute Gasteiger partial charge is 0.326 e. The van der Waals surface area contributed by atoms with Gasteiger partial charge in [-0.15, -0.1) is 0 Å². The van der Waals surface area contributed by atoms with E-state index in [1.807, 2.05) is 24.3 Å². The number of benzene rings is 2. The molecule has 0 bridgehead atoms. The summed E-state index contributed by atoms with van der Waals surface area (Å²) >= 11 is 3.38. The lowest BCUT2D eigenvalue weighted by atomic mass is 10.0. The molecule has 3 amide bonds. The Morgan fingerprint density at radius 2 is 1.74 bits per heavy atom. The number of anilines is 1. The summed E-state index contributed by atoms with van der Waals surface area (Å²) in [6.45, 7) is 0. The number of rotatable bonds is 6. The average molecular weight is 427 g/mol. The number of hydrogen-bond donors (Lipinski definition) is 1. The van der Waals surface area contributed by atoms with Crippen molar-refractivity contribution in [2.75, 3.05) is 5.32 Å². The lowest BCUT2D eigenvalue weighted by Crippen LogP contribution is -2.41. The maximum Gasteiger partial charge on any atom is 0.261 e. The molecule has 1 aliphatic carbocycles. The van der Waals surface area contributed by atoms with Crippen LogP contribution in [0.1, 0.15) is 46.4 Å². The van der Waals surface area contributed by atoms with Gasteiger partial charge in [0.15, 0.2) is 0 Å². The highest BCUT2D eigenvalue weighted by molar-refractivity contribution is 9.10. The van der Waals surface area contributed by atoms with Crippen LogP contribution in [0.4, 0.5) is 5.69 Å². The second-order valence-corrected chi connectivity index (χ2v) is 7.94. The van der Waals surface area contributed by atoms with Crippen LogP contribution in [0.3, 0.4) is 0 Å². The van der Waals surface area contributed by atoms with Crippen molar-refractivity contribution in [3.8, 4) is 0 Å². The molecule has 2 aromatic rings. The summed E-state index contributed by atoms with van der Waals surface area (Å²) in [6.07, 6.45) is 2.73. The quantitative estimate of drug-likeness (QED) is 0.702. The zero-order chi connectivity index (χ0) is 19.0. The Labute approximate surface area is 165 Å². The Hall–Kier alpha value is -2.47. The van der Waals surface area contributed by atoms with Gasteiger partial charge in [-0.05, 0) is 55.5 Å². The van der Waals surface area contributed by atoms with E-state index < -0.39 is 0 Å². The summed E-state index contributed by atoms with van der Waals surface area (Å²) in [4.78, 5) is 39.2. The van der Waals surface area contributed by atoms with E-state index in [1.165, 1.54) is 4.90 Å². The predicted octanol–water partition coefficient (Wildman–Crippen LogP) is 4.24. The first-order valence-corrected chi connectivity index (χ1v) is 9.86. The number of amides is 3. The van der Waals surface area contributed by atoms with Crippen molar-refractivity contribution in [3.05, 3.63) is 64.1 Å². The van der Waals surface area contributed by atoms with Crippen LogP contribution in [0.2, 0.25) is 0 Å². The molecule has 0 spiro atoms. The normalized spacial score (nSPS) is 17.0. The van der Waals surface area contributed by atoms with E-state index in [1.54, 1.807) is 24.3 Å². The molecular weight excluding hydrogens is 408 g/mol. The molecule has 138 valence electrons. The Bertz CT molecular complexity index is 888. The second-order valence-electron chi connectivity index (χ2n) is 7.03. The molecule has 5 nitrogen and oxygen atoms in total. The zero-order valence-electron chi connectivity index (χ0n) is 14.7. The minimum atomic E-state index is -0.236. The number of fused-ring (bicyclic) bond motifs is 1. The fourth-order valence-electron chi connectivity index (χ4n) is 3.63. The first-order valence-electron chi connectivity index (χ1n) is 9.07. The lowest BCUT2D eigenvalue weighted by Gasteiger charge is -2.26. The van der Waals surface area contributed by atoms with Crippen LogP contribution in [0, 0.1) is 5.92 Å². The zero-order valence-corrected chi connectivity index (χ0v) is 16.2. The third-order valence-corrected chi connectivity index (χ3v) is 5.59. The third kappa shape index (κ3) is 3.67. The van der Waals surface area contributed by atoms with Crippen molar-refractivity contribution < 1.29 is 14.4 Å². The van der Waals surface area contributed by atoms with E-state index in [4.69, 9.17) is 0 Å². The maximum atomic E-state index is 12.8. The molecule has 2 aromatic carbocycles. The van der Waals surface area contributed by atoms with E-state index in [2.05, 4.69) is 21.2 Å². The van der Waals surface area contributed by atoms with Gasteiger partial charge < -0.3 is 5.32 Å². The van der Waals surface area contributed by atoms with Crippen molar-refractivity contribution in [1.29, 1.82) is 0 Å². The molecule has 1 aliphatic heterocycles. The van der Waals surface area contributed by atoms with Crippen LogP contribution in [-0.4, -0.2) is 28.7 Å². The van der Waals surface area contributed by atoms with Gasteiger partial charge in [-0.3, -0.25) is 19.3 Å². The standard InChI is InChI=1S/C21H19BrN2O3/c22-14-4-3-5-15(12-14)23-19(25)11-10-18(13-8-9-13)24-20(26)16-6-1-2-7-17(16)21(24)27/h1-7,12-13,18H,8-11H2,(H,23,25)/t18-/m0/s1. The molecule has 1 atom stereocenters. The number of imide groups is 1. The van der Waals surface area contributed by atoms with Crippen LogP contribution >= 0.6 is 15.9 Å². The van der Waals surface area contributed by atoms with Gasteiger partial charge in [-0.1, -0.05) is 34.1 Å².